The van der Waals surface area contributed by atoms with Crippen LogP contribution in [0.4, 0.5) is 4.39 Å². The zero-order valence-corrected chi connectivity index (χ0v) is 17.0. The quantitative estimate of drug-likeness (QED) is 0.519. The largest absolute Gasteiger partial charge is 0.409 e. The Morgan fingerprint density at radius 1 is 1.13 bits per heavy atom. The lowest BCUT2D eigenvalue weighted by molar-refractivity contribution is 0.105. The van der Waals surface area contributed by atoms with E-state index in [0.717, 1.165) is 48.1 Å². The highest BCUT2D eigenvalue weighted by Gasteiger charge is 2.16. The first-order valence-corrected chi connectivity index (χ1v) is 10.3. The summed E-state index contributed by atoms with van der Waals surface area (Å²) >= 11 is 5.82. The molecule has 4 heterocycles. The van der Waals surface area contributed by atoms with Gasteiger partial charge in [0, 0.05) is 40.3 Å². The molecule has 30 heavy (non-hydrogen) atoms. The van der Waals surface area contributed by atoms with Gasteiger partial charge in [0.05, 0.1) is 17.8 Å². The molecule has 1 fully saturated rings. The van der Waals surface area contributed by atoms with Gasteiger partial charge in [0.2, 0.25) is 0 Å². The predicted molar refractivity (Wildman–Crippen MR) is 114 cm³/mol. The first kappa shape index (κ1) is 19.1. The summed E-state index contributed by atoms with van der Waals surface area (Å²) in [5.41, 5.74) is 4.04. The van der Waals surface area contributed by atoms with E-state index < -0.39 is 0 Å². The van der Waals surface area contributed by atoms with Crippen LogP contribution in [-0.4, -0.2) is 32.6 Å². The molecular formula is C22H21ClFN5O. The fourth-order valence-corrected chi connectivity index (χ4v) is 3.95. The average Bonchev–Trinajstić information content (AvgIpc) is 3.41. The molecule has 0 unspecified atom stereocenters. The molecule has 5 rings (SSSR count). The minimum atomic E-state index is -0.386. The van der Waals surface area contributed by atoms with Crippen LogP contribution in [0.2, 0.25) is 5.02 Å². The van der Waals surface area contributed by atoms with E-state index in [2.05, 4.69) is 26.3 Å². The molecule has 6 nitrogen and oxygen atoms in total. The lowest BCUT2D eigenvalue weighted by Gasteiger charge is -2.22. The Hall–Kier alpha value is -2.90. The number of halogens is 2. The Morgan fingerprint density at radius 3 is 2.83 bits per heavy atom. The van der Waals surface area contributed by atoms with E-state index >= 15 is 0 Å². The van der Waals surface area contributed by atoms with Crippen molar-refractivity contribution >= 4 is 22.6 Å². The summed E-state index contributed by atoms with van der Waals surface area (Å²) in [4.78, 5) is 10.4. The molecule has 154 valence electrons. The summed E-state index contributed by atoms with van der Waals surface area (Å²) in [5, 5.41) is 8.31. The van der Waals surface area contributed by atoms with Crippen molar-refractivity contribution < 1.29 is 9.23 Å². The lowest BCUT2D eigenvalue weighted by Crippen LogP contribution is -2.29. The van der Waals surface area contributed by atoms with Crippen molar-refractivity contribution in [3.8, 4) is 11.1 Å². The van der Waals surface area contributed by atoms with Crippen molar-refractivity contribution in [2.75, 3.05) is 13.1 Å². The molecule has 0 amide bonds. The molecule has 3 aromatic heterocycles. The fourth-order valence-electron chi connectivity index (χ4n) is 3.79. The third-order valence-corrected chi connectivity index (χ3v) is 5.73. The number of rotatable bonds is 5. The van der Waals surface area contributed by atoms with Crippen LogP contribution in [0.15, 0.2) is 55.1 Å². The smallest absolute Gasteiger partial charge is 0.143 e. The van der Waals surface area contributed by atoms with Crippen LogP contribution < -0.4 is 10.2 Å². The highest BCUT2D eigenvalue weighted by Crippen LogP contribution is 2.26. The summed E-state index contributed by atoms with van der Waals surface area (Å²) in [6.07, 6.45) is 9.74. The Bertz CT molecular complexity index is 1180. The number of aromatic nitrogens is 4. The lowest BCUT2D eigenvalue weighted by atomic mass is 10.1. The highest BCUT2D eigenvalue weighted by molar-refractivity contribution is 6.30. The summed E-state index contributed by atoms with van der Waals surface area (Å²) in [6, 6.07) is 8.88. The van der Waals surface area contributed by atoms with Gasteiger partial charge >= 0.3 is 0 Å². The summed E-state index contributed by atoms with van der Waals surface area (Å²) in [5.74, 6) is -0.386. The molecule has 0 atom stereocenters. The molecule has 0 radical (unpaired) electrons. The molecule has 1 aliphatic heterocycles. The molecule has 0 bridgehead atoms. The molecule has 1 aliphatic rings. The van der Waals surface area contributed by atoms with Crippen LogP contribution in [0.3, 0.4) is 0 Å². The normalized spacial score (nSPS) is 15.0. The molecule has 8 heteroatoms. The zero-order chi connectivity index (χ0) is 20.5. The molecule has 1 N–H and O–H groups in total. The number of piperidine rings is 1. The van der Waals surface area contributed by atoms with Crippen LogP contribution in [-0.2, 0) is 6.61 Å². The van der Waals surface area contributed by atoms with Crippen LogP contribution in [0, 0.1) is 5.82 Å². The number of nitrogens with zero attached hydrogens (tertiary/aromatic N) is 4. The minimum Gasteiger partial charge on any atom is -0.409 e. The summed E-state index contributed by atoms with van der Waals surface area (Å²) in [7, 11) is 0. The predicted octanol–water partition coefficient (Wildman–Crippen LogP) is 4.25. The second-order valence-corrected chi connectivity index (χ2v) is 7.91. The van der Waals surface area contributed by atoms with Crippen LogP contribution >= 0.6 is 11.6 Å². The van der Waals surface area contributed by atoms with Gasteiger partial charge in [-0.3, -0.25) is 9.67 Å². The molecule has 0 saturated carbocycles. The Kier molecular flexibility index (Phi) is 5.14. The van der Waals surface area contributed by atoms with Gasteiger partial charge in [-0.1, -0.05) is 17.7 Å². The third-order valence-electron chi connectivity index (χ3n) is 5.49. The summed E-state index contributed by atoms with van der Waals surface area (Å²) < 4.78 is 17.7. The number of fused-ring (bicyclic) bond motifs is 1. The van der Waals surface area contributed by atoms with Crippen molar-refractivity contribution in [2.45, 2.75) is 25.5 Å². The van der Waals surface area contributed by atoms with E-state index in [4.69, 9.17) is 16.4 Å². The average molecular weight is 426 g/mol. The van der Waals surface area contributed by atoms with Gasteiger partial charge in [-0.25, -0.2) is 4.39 Å². The van der Waals surface area contributed by atoms with Gasteiger partial charge in [-0.15, -0.1) is 0 Å². The minimum absolute atomic E-state index is 0.0880. The van der Waals surface area contributed by atoms with Gasteiger partial charge < -0.3 is 10.2 Å². The maximum atomic E-state index is 14.0. The molecular weight excluding hydrogens is 405 g/mol. The van der Waals surface area contributed by atoms with E-state index in [9.17, 15) is 4.39 Å². The zero-order valence-electron chi connectivity index (χ0n) is 16.3. The topological polar surface area (TPSA) is 56.9 Å². The van der Waals surface area contributed by atoms with Gasteiger partial charge in [-0.2, -0.15) is 9.83 Å². The monoisotopic (exact) mass is 425 g/mol. The summed E-state index contributed by atoms with van der Waals surface area (Å²) in [6.45, 7) is 2.13. The van der Waals surface area contributed by atoms with E-state index in [0.29, 0.717) is 16.6 Å². The van der Waals surface area contributed by atoms with E-state index in [-0.39, 0.29) is 12.4 Å². The number of pyridine rings is 1. The number of nitrogens with one attached hydrogen (secondary N) is 1. The Morgan fingerprint density at radius 2 is 2.00 bits per heavy atom. The van der Waals surface area contributed by atoms with Crippen LogP contribution in [0.1, 0.15) is 24.4 Å². The molecule has 0 spiro atoms. The molecule has 1 saturated heterocycles. The molecule has 0 aliphatic carbocycles. The van der Waals surface area contributed by atoms with Crippen LogP contribution in [0.25, 0.3) is 22.2 Å². The molecule has 1 aromatic carbocycles. The Labute approximate surface area is 178 Å². The Balaban J connectivity index is 1.38. The van der Waals surface area contributed by atoms with Gasteiger partial charge in [0.1, 0.15) is 17.9 Å². The van der Waals surface area contributed by atoms with Crippen molar-refractivity contribution in [3.05, 3.63) is 71.5 Å². The van der Waals surface area contributed by atoms with Crippen molar-refractivity contribution in [1.82, 2.24) is 24.8 Å². The maximum absolute atomic E-state index is 14.0. The molecule has 4 aromatic rings. The first-order valence-electron chi connectivity index (χ1n) is 9.97. The first-order chi connectivity index (χ1) is 14.7. The van der Waals surface area contributed by atoms with Crippen molar-refractivity contribution in [2.24, 2.45) is 0 Å². The number of benzene rings is 1. The SMILES string of the molecule is Fc1cc(Cl)ccc1COn1ccc2ncc(-c3cnn(C4CCNCC4)c3)cc21. The van der Waals surface area contributed by atoms with E-state index in [1.165, 1.54) is 6.07 Å². The van der Waals surface area contributed by atoms with Gasteiger partial charge in [0.15, 0.2) is 0 Å². The third kappa shape index (κ3) is 3.78. The van der Waals surface area contributed by atoms with Gasteiger partial charge in [0.25, 0.3) is 0 Å². The second-order valence-electron chi connectivity index (χ2n) is 7.47. The van der Waals surface area contributed by atoms with Crippen molar-refractivity contribution in [1.29, 1.82) is 0 Å². The highest BCUT2D eigenvalue weighted by atomic mass is 35.5. The van der Waals surface area contributed by atoms with Gasteiger partial charge in [-0.05, 0) is 50.2 Å². The number of hydrogen-bond donors (Lipinski definition) is 1. The second kappa shape index (κ2) is 8.08. The maximum Gasteiger partial charge on any atom is 0.143 e. The fraction of sp³-hybridized carbons (Fsp3) is 0.273. The van der Waals surface area contributed by atoms with Crippen molar-refractivity contribution in [3.63, 3.8) is 0 Å². The van der Waals surface area contributed by atoms with Crippen LogP contribution in [0.5, 0.6) is 0 Å². The van der Waals surface area contributed by atoms with E-state index in [1.54, 1.807) is 23.1 Å². The van der Waals surface area contributed by atoms with E-state index in [1.807, 2.05) is 24.5 Å². The number of hydrogen-bond acceptors (Lipinski definition) is 4. The standard InChI is InChI=1S/C22H21ClFN5O/c23-18-2-1-15(20(24)10-18)14-30-29-8-5-21-22(29)9-16(11-26-21)17-12-27-28(13-17)19-3-6-25-7-4-19/h1-2,5,8-13,19,25H,3-4,6-7,14H2.